The molecule has 0 unspecified atom stereocenters. The minimum Gasteiger partial charge on any atom is -0.459 e. The maximum absolute atomic E-state index is 12.0. The molecule has 0 saturated heterocycles. The molecule has 0 fully saturated rings. The van der Waals surface area contributed by atoms with E-state index in [4.69, 9.17) is 9.15 Å². The largest absolute Gasteiger partial charge is 0.459 e. The monoisotopic (exact) mass is 383 g/mol. The van der Waals surface area contributed by atoms with Gasteiger partial charge in [-0.15, -0.1) is 11.8 Å². The van der Waals surface area contributed by atoms with Gasteiger partial charge in [-0.1, -0.05) is 36.4 Å². The van der Waals surface area contributed by atoms with Crippen LogP contribution in [-0.2, 0) is 14.3 Å². The molecule has 1 amide bonds. The zero-order valence-corrected chi connectivity index (χ0v) is 16.0. The van der Waals surface area contributed by atoms with E-state index in [0.29, 0.717) is 5.76 Å². The molecular formula is C21H21NO4S. The number of ether oxygens (including phenoxy) is 1. The first-order valence-corrected chi connectivity index (χ1v) is 9.63. The number of amides is 1. The number of benzene rings is 2. The van der Waals surface area contributed by atoms with Gasteiger partial charge in [-0.3, -0.25) is 9.59 Å². The molecule has 2 aromatic carbocycles. The lowest BCUT2D eigenvalue weighted by Crippen LogP contribution is -2.31. The van der Waals surface area contributed by atoms with Crippen LogP contribution in [0.3, 0.4) is 0 Å². The third-order valence-corrected chi connectivity index (χ3v) is 5.20. The summed E-state index contributed by atoms with van der Waals surface area (Å²) in [5, 5.41) is 3.76. The van der Waals surface area contributed by atoms with E-state index < -0.39 is 5.97 Å². The van der Waals surface area contributed by atoms with Gasteiger partial charge in [0.2, 0.25) is 0 Å². The fourth-order valence-corrected chi connectivity index (χ4v) is 3.44. The van der Waals surface area contributed by atoms with Gasteiger partial charge < -0.3 is 14.5 Å². The summed E-state index contributed by atoms with van der Waals surface area (Å²) in [6.07, 6.45) is 0. The second-order valence-corrected chi connectivity index (χ2v) is 7.21. The molecule has 6 heteroatoms. The molecule has 0 aliphatic heterocycles. The number of esters is 1. The highest BCUT2D eigenvalue weighted by atomic mass is 32.2. The molecule has 5 nitrogen and oxygen atoms in total. The zero-order valence-electron chi connectivity index (χ0n) is 15.2. The number of fused-ring (bicyclic) bond motifs is 1. The summed E-state index contributed by atoms with van der Waals surface area (Å²) in [5.41, 5.74) is 1.88. The zero-order chi connectivity index (χ0) is 19.2. The number of nitrogens with one attached hydrogen (secondary N) is 1. The Labute approximate surface area is 162 Å². The summed E-state index contributed by atoms with van der Waals surface area (Å²) in [6.45, 7) is 3.50. The molecule has 140 valence electrons. The molecule has 1 N–H and O–H groups in total. The Morgan fingerprint density at radius 1 is 1.15 bits per heavy atom. The fourth-order valence-electron chi connectivity index (χ4n) is 2.61. The van der Waals surface area contributed by atoms with Crippen LogP contribution in [-0.4, -0.2) is 24.2 Å². The highest BCUT2D eigenvalue weighted by Gasteiger charge is 2.15. The maximum Gasteiger partial charge on any atom is 0.316 e. The number of carbonyl (C=O) groups is 2. The molecule has 1 aromatic heterocycles. The topological polar surface area (TPSA) is 68.5 Å². The normalized spacial score (nSPS) is 11.9. The van der Waals surface area contributed by atoms with Crippen LogP contribution in [0.15, 0.2) is 63.9 Å². The van der Waals surface area contributed by atoms with Crippen molar-refractivity contribution in [1.82, 2.24) is 5.32 Å². The Morgan fingerprint density at radius 3 is 2.67 bits per heavy atom. The minimum absolute atomic E-state index is 0.164. The highest BCUT2D eigenvalue weighted by molar-refractivity contribution is 8.00. The van der Waals surface area contributed by atoms with Crippen LogP contribution in [0.25, 0.3) is 11.0 Å². The van der Waals surface area contributed by atoms with Crippen molar-refractivity contribution in [3.05, 3.63) is 65.9 Å². The van der Waals surface area contributed by atoms with Crippen LogP contribution in [0, 0.1) is 6.92 Å². The van der Waals surface area contributed by atoms with E-state index in [1.54, 1.807) is 0 Å². The van der Waals surface area contributed by atoms with Gasteiger partial charge in [0.15, 0.2) is 6.61 Å². The van der Waals surface area contributed by atoms with Crippen molar-refractivity contribution < 1.29 is 18.7 Å². The number of thioether (sulfide) groups is 1. The fraction of sp³-hybridized carbons (Fsp3) is 0.238. The van der Waals surface area contributed by atoms with E-state index in [0.717, 1.165) is 21.4 Å². The Hall–Kier alpha value is -2.73. The first-order valence-electron chi connectivity index (χ1n) is 8.65. The first-order chi connectivity index (χ1) is 13.0. The van der Waals surface area contributed by atoms with Crippen molar-refractivity contribution in [2.75, 3.05) is 12.4 Å². The van der Waals surface area contributed by atoms with Gasteiger partial charge in [0.1, 0.15) is 11.3 Å². The lowest BCUT2D eigenvalue weighted by molar-refractivity contribution is -0.146. The Bertz CT molecular complexity index is 917. The predicted molar refractivity (Wildman–Crippen MR) is 106 cm³/mol. The summed E-state index contributed by atoms with van der Waals surface area (Å²) < 4.78 is 10.8. The summed E-state index contributed by atoms with van der Waals surface area (Å²) in [6, 6.07) is 17.0. The molecule has 0 spiro atoms. The van der Waals surface area contributed by atoms with Crippen molar-refractivity contribution >= 4 is 34.6 Å². The van der Waals surface area contributed by atoms with Crippen molar-refractivity contribution in [2.45, 2.75) is 24.8 Å². The molecule has 0 saturated carbocycles. The number of furan rings is 1. The van der Waals surface area contributed by atoms with Crippen molar-refractivity contribution in [1.29, 1.82) is 0 Å². The van der Waals surface area contributed by atoms with E-state index in [2.05, 4.69) is 5.32 Å². The lowest BCUT2D eigenvalue weighted by Gasteiger charge is -2.11. The van der Waals surface area contributed by atoms with E-state index in [-0.39, 0.29) is 24.3 Å². The van der Waals surface area contributed by atoms with Gasteiger partial charge >= 0.3 is 5.97 Å². The van der Waals surface area contributed by atoms with Gasteiger partial charge in [0, 0.05) is 10.3 Å². The molecule has 27 heavy (non-hydrogen) atoms. The number of rotatable bonds is 7. The minimum atomic E-state index is -0.421. The average Bonchev–Trinajstić information content (AvgIpc) is 3.10. The van der Waals surface area contributed by atoms with E-state index in [1.165, 1.54) is 11.8 Å². The maximum atomic E-state index is 12.0. The Balaban J connectivity index is 1.44. The lowest BCUT2D eigenvalue weighted by atomic mass is 10.2. The van der Waals surface area contributed by atoms with Gasteiger partial charge in [-0.2, -0.15) is 0 Å². The number of carbonyl (C=O) groups excluding carboxylic acids is 2. The molecule has 1 atom stereocenters. The van der Waals surface area contributed by atoms with Gasteiger partial charge in [-0.25, -0.2) is 0 Å². The van der Waals surface area contributed by atoms with Crippen LogP contribution in [0.5, 0.6) is 0 Å². The highest BCUT2D eigenvalue weighted by Crippen LogP contribution is 2.24. The summed E-state index contributed by atoms with van der Waals surface area (Å²) >= 11 is 1.40. The van der Waals surface area contributed by atoms with Crippen LogP contribution in [0.2, 0.25) is 0 Å². The molecule has 1 heterocycles. The Kier molecular flexibility index (Phi) is 6.19. The van der Waals surface area contributed by atoms with Crippen LogP contribution < -0.4 is 5.32 Å². The molecular weight excluding hydrogens is 362 g/mol. The quantitative estimate of drug-likeness (QED) is 0.488. The number of aryl methyl sites for hydroxylation is 1. The molecule has 0 radical (unpaired) electrons. The Morgan fingerprint density at radius 2 is 1.89 bits per heavy atom. The number of para-hydroxylation sites is 1. The number of hydrogen-bond acceptors (Lipinski definition) is 5. The average molecular weight is 383 g/mol. The van der Waals surface area contributed by atoms with Crippen molar-refractivity contribution in [2.24, 2.45) is 0 Å². The summed E-state index contributed by atoms with van der Waals surface area (Å²) in [4.78, 5) is 24.9. The molecule has 0 aliphatic rings. The predicted octanol–water partition coefficient (Wildman–Crippen LogP) is 4.25. The van der Waals surface area contributed by atoms with Crippen molar-refractivity contribution in [3.8, 4) is 0 Å². The smallest absolute Gasteiger partial charge is 0.316 e. The third-order valence-electron chi connectivity index (χ3n) is 4.05. The molecule has 3 aromatic rings. The first kappa shape index (κ1) is 19.0. The van der Waals surface area contributed by atoms with Crippen LogP contribution in [0.1, 0.15) is 24.3 Å². The van der Waals surface area contributed by atoms with Gasteiger partial charge in [-0.05, 0) is 37.6 Å². The van der Waals surface area contributed by atoms with E-state index >= 15 is 0 Å². The van der Waals surface area contributed by atoms with Crippen molar-refractivity contribution in [3.63, 3.8) is 0 Å². The molecule has 0 bridgehead atoms. The molecule has 3 rings (SSSR count). The van der Waals surface area contributed by atoms with E-state index in [1.807, 2.05) is 68.4 Å². The van der Waals surface area contributed by atoms with Gasteiger partial charge in [0.25, 0.3) is 5.91 Å². The van der Waals surface area contributed by atoms with Crippen LogP contribution in [0.4, 0.5) is 0 Å². The summed E-state index contributed by atoms with van der Waals surface area (Å²) in [5.74, 6) is 0.0371. The van der Waals surface area contributed by atoms with Gasteiger partial charge in [0.05, 0.1) is 11.8 Å². The SMILES string of the molecule is Cc1ccccc1SCC(=O)OCC(=O)N[C@@H](C)c1cc2ccccc2o1. The second kappa shape index (κ2) is 8.77. The third kappa shape index (κ3) is 5.14. The van der Waals surface area contributed by atoms with Crippen LogP contribution >= 0.6 is 11.8 Å². The van der Waals surface area contributed by atoms with E-state index in [9.17, 15) is 9.59 Å². The standard InChI is InChI=1S/C21H21NO4S/c1-14-7-3-6-10-19(14)27-13-21(24)25-12-20(23)22-15(2)18-11-16-8-4-5-9-17(16)26-18/h3-11,15H,12-13H2,1-2H3,(H,22,23)/t15-/m0/s1. The summed E-state index contributed by atoms with van der Waals surface area (Å²) in [7, 11) is 0. The second-order valence-electron chi connectivity index (χ2n) is 6.19. The molecule has 0 aliphatic carbocycles. The number of hydrogen-bond donors (Lipinski definition) is 1.